The highest BCUT2D eigenvalue weighted by molar-refractivity contribution is 5.92. The lowest BCUT2D eigenvalue weighted by molar-refractivity contribution is 1.31. The van der Waals surface area contributed by atoms with Gasteiger partial charge < -0.3 is 5.41 Å². The molecule has 0 aromatic carbocycles. The molecule has 0 spiro atoms. The monoisotopic (exact) mass is 163 g/mol. The lowest BCUT2D eigenvalue weighted by atomic mass is 10.00. The number of allylic oxidation sites excluding steroid dienone is 5. The van der Waals surface area contributed by atoms with Gasteiger partial charge in [0.2, 0.25) is 0 Å². The Morgan fingerprint density at radius 3 is 2.00 bits per heavy atom. The summed E-state index contributed by atoms with van der Waals surface area (Å²) in [6.07, 6.45) is 3.88. The van der Waals surface area contributed by atoms with E-state index < -0.39 is 0 Å². The van der Waals surface area contributed by atoms with Crippen LogP contribution in [0.1, 0.15) is 27.7 Å². The van der Waals surface area contributed by atoms with E-state index in [-0.39, 0.29) is 0 Å². The van der Waals surface area contributed by atoms with Gasteiger partial charge in [-0.15, -0.1) is 0 Å². The molecule has 0 aromatic rings. The Morgan fingerprint density at radius 2 is 1.75 bits per heavy atom. The second kappa shape index (κ2) is 4.70. The van der Waals surface area contributed by atoms with E-state index in [1.807, 2.05) is 32.9 Å². The minimum atomic E-state index is 0.564. The van der Waals surface area contributed by atoms with Crippen molar-refractivity contribution in [1.82, 2.24) is 0 Å². The van der Waals surface area contributed by atoms with Crippen LogP contribution in [0.25, 0.3) is 0 Å². The van der Waals surface area contributed by atoms with E-state index in [4.69, 9.17) is 5.41 Å². The van der Waals surface area contributed by atoms with E-state index in [1.165, 1.54) is 5.57 Å². The molecule has 0 aliphatic heterocycles. The molecule has 1 nitrogen and oxygen atoms in total. The van der Waals surface area contributed by atoms with Crippen LogP contribution in [0, 0.1) is 5.41 Å². The van der Waals surface area contributed by atoms with E-state index in [1.54, 1.807) is 6.92 Å². The van der Waals surface area contributed by atoms with Gasteiger partial charge in [0.1, 0.15) is 0 Å². The van der Waals surface area contributed by atoms with Crippen LogP contribution in [-0.4, -0.2) is 5.71 Å². The van der Waals surface area contributed by atoms with Crippen molar-refractivity contribution in [3.8, 4) is 0 Å². The predicted octanol–water partition coefficient (Wildman–Crippen LogP) is 3.49. The summed E-state index contributed by atoms with van der Waals surface area (Å²) in [5.41, 5.74) is 3.82. The smallest absolute Gasteiger partial charge is 0.0289 e. The van der Waals surface area contributed by atoms with Crippen molar-refractivity contribution in [3.63, 3.8) is 0 Å². The Bertz CT molecular complexity index is 254. The van der Waals surface area contributed by atoms with Crippen LogP contribution >= 0.6 is 0 Å². The first-order chi connectivity index (χ1) is 5.49. The minimum Gasteiger partial charge on any atom is -0.306 e. The molecule has 0 amide bonds. The lowest BCUT2D eigenvalue weighted by Gasteiger charge is -2.06. The number of nitrogens with one attached hydrogen (secondary N) is 1. The van der Waals surface area contributed by atoms with Crippen molar-refractivity contribution in [3.05, 3.63) is 35.5 Å². The molecule has 1 N–H and O–H groups in total. The van der Waals surface area contributed by atoms with Gasteiger partial charge in [0, 0.05) is 5.71 Å². The lowest BCUT2D eigenvalue weighted by Crippen LogP contribution is -1.91. The molecule has 0 atom stereocenters. The molecule has 66 valence electrons. The average Bonchev–Trinajstić information content (AvgIpc) is 1.98. The Labute approximate surface area is 75.0 Å². The second-order valence-corrected chi connectivity index (χ2v) is 2.99. The van der Waals surface area contributed by atoms with Crippen molar-refractivity contribution >= 4 is 5.71 Å². The Morgan fingerprint density at radius 1 is 1.25 bits per heavy atom. The van der Waals surface area contributed by atoms with Gasteiger partial charge in [0.25, 0.3) is 0 Å². The molecule has 0 saturated carbocycles. The largest absolute Gasteiger partial charge is 0.306 e. The van der Waals surface area contributed by atoms with Crippen LogP contribution in [0.4, 0.5) is 0 Å². The third-order valence-corrected chi connectivity index (χ3v) is 1.68. The molecule has 0 saturated heterocycles. The fraction of sp³-hybridized carbons (Fsp3) is 0.364. The van der Waals surface area contributed by atoms with E-state index >= 15 is 0 Å². The standard InChI is InChI=1S/C11H17N/c1-6-9(4)11(8(2)3)7-10(5)12/h6-7,12H,2H2,1,3-5H3/b9-6-,11-7-,12-10?. The number of hydrogen-bond acceptors (Lipinski definition) is 1. The molecule has 1 heteroatoms. The zero-order chi connectivity index (χ0) is 9.72. The average molecular weight is 163 g/mol. The Hall–Kier alpha value is -1.11. The maximum atomic E-state index is 7.34. The van der Waals surface area contributed by atoms with Gasteiger partial charge in [-0.1, -0.05) is 18.2 Å². The normalized spacial score (nSPS) is 13.0. The fourth-order valence-electron chi connectivity index (χ4n) is 0.946. The molecule has 0 aliphatic rings. The molecule has 12 heavy (non-hydrogen) atoms. The van der Waals surface area contributed by atoms with Crippen molar-refractivity contribution in [2.45, 2.75) is 27.7 Å². The highest BCUT2D eigenvalue weighted by Gasteiger charge is 1.99. The third kappa shape index (κ3) is 3.33. The summed E-state index contributed by atoms with van der Waals surface area (Å²) in [5.74, 6) is 0. The van der Waals surface area contributed by atoms with Crippen molar-refractivity contribution < 1.29 is 0 Å². The zero-order valence-electron chi connectivity index (χ0n) is 8.36. The summed E-state index contributed by atoms with van der Waals surface area (Å²) < 4.78 is 0. The molecule has 0 unspecified atom stereocenters. The van der Waals surface area contributed by atoms with Gasteiger partial charge in [-0.05, 0) is 44.9 Å². The molecule has 0 rings (SSSR count). The SMILES string of the molecule is C=C(C)C(=C/C(C)=N)/C(C)=C\C. The molecular weight excluding hydrogens is 146 g/mol. The van der Waals surface area contributed by atoms with E-state index in [2.05, 4.69) is 6.58 Å². The minimum absolute atomic E-state index is 0.564. The van der Waals surface area contributed by atoms with Crippen molar-refractivity contribution in [2.24, 2.45) is 0 Å². The highest BCUT2D eigenvalue weighted by atomic mass is 14.4. The van der Waals surface area contributed by atoms with Crippen LogP contribution in [0.2, 0.25) is 0 Å². The van der Waals surface area contributed by atoms with Gasteiger partial charge in [-0.3, -0.25) is 0 Å². The predicted molar refractivity (Wildman–Crippen MR) is 55.7 cm³/mol. The number of rotatable bonds is 3. The Kier molecular flexibility index (Phi) is 4.27. The zero-order valence-corrected chi connectivity index (χ0v) is 8.36. The summed E-state index contributed by atoms with van der Waals surface area (Å²) in [4.78, 5) is 0. The van der Waals surface area contributed by atoms with Gasteiger partial charge >= 0.3 is 0 Å². The quantitative estimate of drug-likeness (QED) is 0.486. The first-order valence-electron chi connectivity index (χ1n) is 4.05. The van der Waals surface area contributed by atoms with Gasteiger partial charge in [-0.2, -0.15) is 0 Å². The highest BCUT2D eigenvalue weighted by Crippen LogP contribution is 2.16. The summed E-state index contributed by atoms with van der Waals surface area (Å²) in [6, 6.07) is 0. The van der Waals surface area contributed by atoms with Crippen LogP contribution in [0.15, 0.2) is 35.5 Å². The van der Waals surface area contributed by atoms with Crippen LogP contribution in [-0.2, 0) is 0 Å². The van der Waals surface area contributed by atoms with E-state index in [0.717, 1.165) is 11.1 Å². The third-order valence-electron chi connectivity index (χ3n) is 1.68. The summed E-state index contributed by atoms with van der Waals surface area (Å²) >= 11 is 0. The van der Waals surface area contributed by atoms with Crippen LogP contribution in [0.3, 0.4) is 0 Å². The van der Waals surface area contributed by atoms with E-state index in [9.17, 15) is 0 Å². The Balaban J connectivity index is 4.93. The molecule has 0 fully saturated rings. The molecular formula is C11H17N. The first-order valence-corrected chi connectivity index (χ1v) is 4.05. The van der Waals surface area contributed by atoms with Gasteiger partial charge in [-0.25, -0.2) is 0 Å². The summed E-state index contributed by atoms with van der Waals surface area (Å²) in [7, 11) is 0. The van der Waals surface area contributed by atoms with E-state index in [0.29, 0.717) is 5.71 Å². The fourth-order valence-corrected chi connectivity index (χ4v) is 0.946. The molecule has 0 heterocycles. The van der Waals surface area contributed by atoms with Crippen LogP contribution in [0.5, 0.6) is 0 Å². The van der Waals surface area contributed by atoms with Gasteiger partial charge in [0.15, 0.2) is 0 Å². The first kappa shape index (κ1) is 10.9. The molecule has 0 bridgehead atoms. The number of hydrogen-bond donors (Lipinski definition) is 1. The maximum Gasteiger partial charge on any atom is 0.0289 e. The van der Waals surface area contributed by atoms with Gasteiger partial charge in [0.05, 0.1) is 0 Å². The topological polar surface area (TPSA) is 23.9 Å². The summed E-state index contributed by atoms with van der Waals surface area (Å²) in [6.45, 7) is 11.6. The maximum absolute atomic E-state index is 7.34. The second-order valence-electron chi connectivity index (χ2n) is 2.99. The molecule has 0 radical (unpaired) electrons. The van der Waals surface area contributed by atoms with Crippen molar-refractivity contribution in [1.29, 1.82) is 5.41 Å². The molecule has 0 aliphatic carbocycles. The molecule has 0 aromatic heterocycles. The van der Waals surface area contributed by atoms with Crippen molar-refractivity contribution in [2.75, 3.05) is 0 Å². The van der Waals surface area contributed by atoms with Crippen LogP contribution < -0.4 is 0 Å². The summed E-state index contributed by atoms with van der Waals surface area (Å²) in [5, 5.41) is 7.34.